The lowest BCUT2D eigenvalue weighted by molar-refractivity contribution is 0.284. The van der Waals surface area contributed by atoms with Gasteiger partial charge in [0.05, 0.1) is 12.7 Å². The van der Waals surface area contributed by atoms with Gasteiger partial charge in [0.2, 0.25) is 0 Å². The molecule has 0 amide bonds. The lowest BCUT2D eigenvalue weighted by Gasteiger charge is -2.20. The van der Waals surface area contributed by atoms with Crippen molar-refractivity contribution in [2.75, 3.05) is 20.2 Å². The zero-order valence-corrected chi connectivity index (χ0v) is 14.8. The average molecular weight is 365 g/mol. The van der Waals surface area contributed by atoms with Crippen LogP contribution in [0.2, 0.25) is 10.0 Å². The van der Waals surface area contributed by atoms with Crippen LogP contribution in [0.3, 0.4) is 0 Å². The number of benzene rings is 2. The molecule has 6 heteroatoms. The van der Waals surface area contributed by atoms with Gasteiger partial charge in [-0.25, -0.2) is 0 Å². The second-order valence-electron chi connectivity index (χ2n) is 5.34. The maximum Gasteiger partial charge on any atom is 0.172 e. The highest BCUT2D eigenvalue weighted by molar-refractivity contribution is 6.35. The molecule has 2 aromatic rings. The van der Waals surface area contributed by atoms with Gasteiger partial charge < -0.3 is 14.8 Å². The van der Waals surface area contributed by atoms with Gasteiger partial charge in [0, 0.05) is 28.7 Å². The van der Waals surface area contributed by atoms with Crippen LogP contribution in [0.4, 0.5) is 0 Å². The topological polar surface area (TPSA) is 42.8 Å². The summed E-state index contributed by atoms with van der Waals surface area (Å²) in [5.74, 6) is 2.09. The van der Waals surface area contributed by atoms with Crippen molar-refractivity contribution in [2.24, 2.45) is 4.99 Å². The van der Waals surface area contributed by atoms with Gasteiger partial charge in [-0.2, -0.15) is 0 Å². The van der Waals surface area contributed by atoms with E-state index in [4.69, 9.17) is 32.7 Å². The summed E-state index contributed by atoms with van der Waals surface area (Å²) < 4.78 is 11.5. The molecule has 0 saturated heterocycles. The number of nitrogens with zero attached hydrogens (tertiary/aromatic N) is 1. The highest BCUT2D eigenvalue weighted by Gasteiger charge is 2.18. The molecule has 126 valence electrons. The maximum absolute atomic E-state index is 6.23. The van der Waals surface area contributed by atoms with Crippen molar-refractivity contribution in [1.29, 1.82) is 0 Å². The molecule has 24 heavy (non-hydrogen) atoms. The molecule has 1 aliphatic rings. The Hall–Kier alpha value is -1.91. The Balaban J connectivity index is 1.93. The number of rotatable bonds is 5. The van der Waals surface area contributed by atoms with E-state index < -0.39 is 0 Å². The third-order valence-electron chi connectivity index (χ3n) is 3.77. The number of hydrogen-bond donors (Lipinski definition) is 1. The smallest absolute Gasteiger partial charge is 0.172 e. The number of hydrogen-bond acceptors (Lipinski definition) is 4. The molecule has 0 fully saturated rings. The first-order chi connectivity index (χ1) is 11.7. The molecule has 0 bridgehead atoms. The van der Waals surface area contributed by atoms with E-state index in [1.54, 1.807) is 19.2 Å². The van der Waals surface area contributed by atoms with Crippen LogP contribution < -0.4 is 14.8 Å². The molecule has 0 radical (unpaired) electrons. The number of ether oxygens (including phenoxy) is 2. The third kappa shape index (κ3) is 3.60. The molecule has 1 heterocycles. The van der Waals surface area contributed by atoms with Crippen molar-refractivity contribution in [2.45, 2.75) is 13.0 Å². The Bertz CT molecular complexity index is 742. The van der Waals surface area contributed by atoms with Crippen LogP contribution in [0.5, 0.6) is 11.5 Å². The summed E-state index contributed by atoms with van der Waals surface area (Å²) in [5.41, 5.74) is 1.62. The predicted octanol–water partition coefficient (Wildman–Crippen LogP) is 4.32. The molecule has 4 nitrogen and oxygen atoms in total. The van der Waals surface area contributed by atoms with Gasteiger partial charge in [-0.15, -0.1) is 0 Å². The second kappa shape index (κ2) is 7.77. The van der Waals surface area contributed by atoms with Gasteiger partial charge in [0.15, 0.2) is 11.5 Å². The normalized spacial score (nSPS) is 13.9. The Morgan fingerprint density at radius 1 is 1.12 bits per heavy atom. The molecular formula is C18H18Cl2N2O2. The summed E-state index contributed by atoms with van der Waals surface area (Å²) in [6.45, 7) is 1.94. The zero-order chi connectivity index (χ0) is 16.9. The van der Waals surface area contributed by atoms with E-state index in [2.05, 4.69) is 10.3 Å². The molecule has 3 rings (SSSR count). The fraction of sp³-hybridized carbons (Fsp3) is 0.278. The van der Waals surface area contributed by atoms with Gasteiger partial charge in [0.25, 0.3) is 0 Å². The van der Waals surface area contributed by atoms with Gasteiger partial charge in [-0.3, -0.25) is 4.99 Å². The van der Waals surface area contributed by atoms with Crippen molar-refractivity contribution in [3.63, 3.8) is 0 Å². The van der Waals surface area contributed by atoms with Crippen molar-refractivity contribution in [3.05, 3.63) is 57.6 Å². The van der Waals surface area contributed by atoms with Gasteiger partial charge in [-0.05, 0) is 30.7 Å². The quantitative estimate of drug-likeness (QED) is 0.858. The SMILES string of the molecule is COc1cccc(C2=NCCCN2)c1OCc1c(Cl)cccc1Cl. The molecule has 2 aromatic carbocycles. The minimum atomic E-state index is 0.249. The monoisotopic (exact) mass is 364 g/mol. The minimum Gasteiger partial charge on any atom is -0.493 e. The number of aliphatic imine (C=N–C) groups is 1. The van der Waals surface area contributed by atoms with Crippen LogP contribution in [0.1, 0.15) is 17.5 Å². The minimum absolute atomic E-state index is 0.249. The Morgan fingerprint density at radius 2 is 1.88 bits per heavy atom. The summed E-state index contributed by atoms with van der Waals surface area (Å²) >= 11 is 12.5. The number of nitrogens with one attached hydrogen (secondary N) is 1. The molecular weight excluding hydrogens is 347 g/mol. The summed E-state index contributed by atoms with van der Waals surface area (Å²) in [6, 6.07) is 11.1. The summed E-state index contributed by atoms with van der Waals surface area (Å²) in [7, 11) is 1.62. The number of amidine groups is 1. The first-order valence-corrected chi connectivity index (χ1v) is 8.47. The second-order valence-corrected chi connectivity index (χ2v) is 6.15. The highest BCUT2D eigenvalue weighted by atomic mass is 35.5. The van der Waals surface area contributed by atoms with Crippen molar-refractivity contribution in [3.8, 4) is 11.5 Å². The molecule has 0 atom stereocenters. The molecule has 0 spiro atoms. The van der Waals surface area contributed by atoms with Crippen LogP contribution in [-0.4, -0.2) is 26.0 Å². The van der Waals surface area contributed by atoms with E-state index in [0.717, 1.165) is 36.5 Å². The van der Waals surface area contributed by atoms with E-state index in [9.17, 15) is 0 Å². The van der Waals surface area contributed by atoms with E-state index in [0.29, 0.717) is 21.5 Å². The predicted molar refractivity (Wildman–Crippen MR) is 97.8 cm³/mol. The van der Waals surface area contributed by atoms with Gasteiger partial charge >= 0.3 is 0 Å². The molecule has 0 aromatic heterocycles. The Kier molecular flexibility index (Phi) is 5.48. The molecule has 1 aliphatic heterocycles. The van der Waals surface area contributed by atoms with Crippen molar-refractivity contribution < 1.29 is 9.47 Å². The van der Waals surface area contributed by atoms with Crippen LogP contribution in [-0.2, 0) is 6.61 Å². The van der Waals surface area contributed by atoms with Crippen LogP contribution >= 0.6 is 23.2 Å². The van der Waals surface area contributed by atoms with Gasteiger partial charge in [-0.1, -0.05) is 35.3 Å². The third-order valence-corrected chi connectivity index (χ3v) is 4.48. The summed E-state index contributed by atoms with van der Waals surface area (Å²) in [5, 5.41) is 4.46. The molecule has 0 saturated carbocycles. The zero-order valence-electron chi connectivity index (χ0n) is 13.3. The molecule has 1 N–H and O–H groups in total. The van der Waals surface area contributed by atoms with Crippen LogP contribution in [0.15, 0.2) is 41.4 Å². The van der Waals surface area contributed by atoms with Crippen LogP contribution in [0.25, 0.3) is 0 Å². The number of para-hydroxylation sites is 1. The average Bonchev–Trinajstić information content (AvgIpc) is 2.62. The van der Waals surface area contributed by atoms with Crippen molar-refractivity contribution >= 4 is 29.0 Å². The lowest BCUT2D eigenvalue weighted by Crippen LogP contribution is -2.30. The fourth-order valence-corrected chi connectivity index (χ4v) is 3.05. The summed E-state index contributed by atoms with van der Waals surface area (Å²) in [4.78, 5) is 4.54. The largest absolute Gasteiger partial charge is 0.493 e. The Labute approximate surface area is 151 Å². The van der Waals surface area contributed by atoms with Crippen molar-refractivity contribution in [1.82, 2.24) is 5.32 Å². The molecule has 0 unspecified atom stereocenters. The van der Waals surface area contributed by atoms with Crippen LogP contribution in [0, 0.1) is 0 Å². The number of methoxy groups -OCH3 is 1. The maximum atomic E-state index is 6.23. The Morgan fingerprint density at radius 3 is 2.54 bits per heavy atom. The summed E-state index contributed by atoms with van der Waals surface area (Å²) in [6.07, 6.45) is 1.03. The first kappa shape index (κ1) is 16.9. The first-order valence-electron chi connectivity index (χ1n) is 7.72. The standard InChI is InChI=1S/C18H18Cl2N2O2/c1-23-16-8-2-5-12(18-21-9-4-10-22-18)17(16)24-11-13-14(19)6-3-7-15(13)20/h2-3,5-8H,4,9-11H2,1H3,(H,21,22). The van der Waals surface area contributed by atoms with E-state index in [-0.39, 0.29) is 6.61 Å². The number of halogens is 2. The van der Waals surface area contributed by atoms with E-state index in [1.807, 2.05) is 24.3 Å². The van der Waals surface area contributed by atoms with E-state index >= 15 is 0 Å². The lowest BCUT2D eigenvalue weighted by atomic mass is 10.1. The van der Waals surface area contributed by atoms with Gasteiger partial charge in [0.1, 0.15) is 12.4 Å². The molecule has 0 aliphatic carbocycles. The van der Waals surface area contributed by atoms with E-state index in [1.165, 1.54) is 0 Å². The fourth-order valence-electron chi connectivity index (χ4n) is 2.54. The highest BCUT2D eigenvalue weighted by Crippen LogP contribution is 2.34.